The number of rotatable bonds is 8. The average molecular weight is 460 g/mol. The molecule has 4 N–H and O–H groups in total. The smallest absolute Gasteiger partial charge is 0.251 e. The summed E-state index contributed by atoms with van der Waals surface area (Å²) in [5.41, 5.74) is 4.66. The number of nitrogens with zero attached hydrogens (tertiary/aromatic N) is 1. The van der Waals surface area contributed by atoms with Crippen LogP contribution in [-0.2, 0) is 0 Å². The van der Waals surface area contributed by atoms with E-state index in [-0.39, 0.29) is 24.0 Å². The molecule has 1 atom stereocenters. The first-order valence-electron chi connectivity index (χ1n) is 11.4. The Labute approximate surface area is 198 Å². The van der Waals surface area contributed by atoms with Gasteiger partial charge >= 0.3 is 0 Å². The molecule has 7 heteroatoms. The second-order valence-corrected chi connectivity index (χ2v) is 9.08. The number of benzene rings is 2. The zero-order valence-corrected chi connectivity index (χ0v) is 19.3. The summed E-state index contributed by atoms with van der Waals surface area (Å²) in [5.74, 6) is -0.337. The number of H-pyrrole nitrogens is 1. The van der Waals surface area contributed by atoms with Gasteiger partial charge in [0, 0.05) is 35.2 Å². The van der Waals surface area contributed by atoms with Crippen LogP contribution >= 0.6 is 0 Å². The van der Waals surface area contributed by atoms with Crippen molar-refractivity contribution >= 4 is 11.6 Å². The van der Waals surface area contributed by atoms with Gasteiger partial charge in [0.2, 0.25) is 0 Å². The minimum Gasteiger partial charge on any atom is -0.411 e. The van der Waals surface area contributed by atoms with Gasteiger partial charge in [0.1, 0.15) is 0 Å². The van der Waals surface area contributed by atoms with Gasteiger partial charge in [-0.25, -0.2) is 0 Å². The fourth-order valence-electron chi connectivity index (χ4n) is 4.21. The maximum atomic E-state index is 12.6. The Hall–Kier alpha value is -3.71. The molecule has 1 fully saturated rings. The number of pyridine rings is 1. The van der Waals surface area contributed by atoms with Crippen molar-refractivity contribution in [1.29, 1.82) is 0 Å². The lowest BCUT2D eigenvalue weighted by Crippen LogP contribution is -2.39. The molecule has 176 valence electrons. The molecule has 3 aromatic rings. The Morgan fingerprint density at radius 1 is 1.09 bits per heavy atom. The van der Waals surface area contributed by atoms with E-state index in [2.05, 4.69) is 15.5 Å². The highest BCUT2D eigenvalue weighted by Gasteiger charge is 2.43. The number of aromatic amines is 1. The first kappa shape index (κ1) is 23.4. The van der Waals surface area contributed by atoms with Crippen molar-refractivity contribution in [2.75, 3.05) is 6.61 Å². The number of carbonyl (C=O) groups excluding carboxylic acids is 1. The van der Waals surface area contributed by atoms with Crippen LogP contribution < -0.4 is 10.9 Å². The lowest BCUT2D eigenvalue weighted by Gasteiger charge is -2.21. The molecule has 1 heterocycles. The van der Waals surface area contributed by atoms with Crippen LogP contribution in [0.2, 0.25) is 0 Å². The number of oxime groups is 1. The number of nitrogens with one attached hydrogen (secondary N) is 2. The molecule has 2 aromatic carbocycles. The van der Waals surface area contributed by atoms with E-state index in [1.54, 1.807) is 31.3 Å². The lowest BCUT2D eigenvalue weighted by molar-refractivity contribution is 0.0907. The third kappa shape index (κ3) is 4.94. The fraction of sp³-hybridized carbons (Fsp3) is 0.296. The summed E-state index contributed by atoms with van der Waals surface area (Å²) in [6.07, 6.45) is 3.53. The summed E-state index contributed by atoms with van der Waals surface area (Å²) in [5, 5.41) is 25.8. The van der Waals surface area contributed by atoms with Crippen LogP contribution in [0, 0.1) is 13.8 Å². The van der Waals surface area contributed by atoms with Gasteiger partial charge in [-0.2, -0.15) is 0 Å². The molecule has 0 aliphatic heterocycles. The van der Waals surface area contributed by atoms with Crippen LogP contribution in [0.1, 0.15) is 63.4 Å². The fourth-order valence-corrected chi connectivity index (χ4v) is 4.21. The SMILES string of the molecule is Cc1ccccc1C(C/C(=N\O)c1c[nH]c(=O)c(C)c1)c1ccc(C(=O)NC2(CO)CC2)cc1. The summed E-state index contributed by atoms with van der Waals surface area (Å²) in [6, 6.07) is 17.1. The topological polar surface area (TPSA) is 115 Å². The van der Waals surface area contributed by atoms with Gasteiger partial charge in [-0.1, -0.05) is 41.6 Å². The third-order valence-corrected chi connectivity index (χ3v) is 6.61. The highest BCUT2D eigenvalue weighted by molar-refractivity contribution is 6.01. The molecule has 0 saturated heterocycles. The molecule has 34 heavy (non-hydrogen) atoms. The number of aryl methyl sites for hydroxylation is 2. The molecule has 1 amide bonds. The lowest BCUT2D eigenvalue weighted by atomic mass is 9.83. The molecule has 1 aromatic heterocycles. The van der Waals surface area contributed by atoms with Crippen LogP contribution in [0.5, 0.6) is 0 Å². The van der Waals surface area contributed by atoms with Crippen LogP contribution in [0.4, 0.5) is 0 Å². The van der Waals surface area contributed by atoms with E-state index in [9.17, 15) is 19.9 Å². The van der Waals surface area contributed by atoms with Gasteiger partial charge in [-0.15, -0.1) is 0 Å². The standard InChI is InChI=1S/C27H29N3O4/c1-17-5-3-4-6-22(17)23(14-24(30-34)21-13-18(2)25(32)28-15-21)19-7-9-20(10-8-19)26(33)29-27(16-31)11-12-27/h3-10,13,15,23,31,34H,11-12,14,16H2,1-2H3,(H,28,32)(H,29,33)/b30-24+. The normalized spacial score (nSPS) is 15.6. The van der Waals surface area contributed by atoms with E-state index in [0.717, 1.165) is 29.5 Å². The predicted octanol–water partition coefficient (Wildman–Crippen LogP) is 3.65. The summed E-state index contributed by atoms with van der Waals surface area (Å²) in [4.78, 5) is 27.1. The molecule has 1 aliphatic carbocycles. The van der Waals surface area contributed by atoms with E-state index in [4.69, 9.17) is 0 Å². The minimum absolute atomic E-state index is 0.0559. The van der Waals surface area contributed by atoms with E-state index in [1.807, 2.05) is 43.3 Å². The van der Waals surface area contributed by atoms with Gasteiger partial charge in [0.05, 0.1) is 17.9 Å². The van der Waals surface area contributed by atoms with Crippen LogP contribution in [-0.4, -0.2) is 39.1 Å². The van der Waals surface area contributed by atoms with Gasteiger partial charge in [0.15, 0.2) is 0 Å². The second-order valence-electron chi connectivity index (χ2n) is 9.08. The average Bonchev–Trinajstić information content (AvgIpc) is 3.62. The second kappa shape index (κ2) is 9.65. The Morgan fingerprint density at radius 2 is 1.79 bits per heavy atom. The number of carbonyl (C=O) groups is 1. The molecule has 0 radical (unpaired) electrons. The number of aliphatic hydroxyl groups excluding tert-OH is 1. The molecule has 4 rings (SSSR count). The summed E-state index contributed by atoms with van der Waals surface area (Å²) < 4.78 is 0. The number of aliphatic hydroxyl groups is 1. The maximum Gasteiger partial charge on any atom is 0.251 e. The quantitative estimate of drug-likeness (QED) is 0.234. The Morgan fingerprint density at radius 3 is 2.38 bits per heavy atom. The molecule has 0 bridgehead atoms. The molecule has 1 aliphatic rings. The molecular formula is C27H29N3O4. The van der Waals surface area contributed by atoms with Gasteiger partial charge in [-0.3, -0.25) is 9.59 Å². The summed E-state index contributed by atoms with van der Waals surface area (Å²) in [6.45, 7) is 3.69. The highest BCUT2D eigenvalue weighted by Crippen LogP contribution is 2.35. The van der Waals surface area contributed by atoms with Crippen molar-refractivity contribution in [3.63, 3.8) is 0 Å². The molecule has 0 spiro atoms. The first-order chi connectivity index (χ1) is 16.4. The van der Waals surface area contributed by atoms with Gasteiger partial charge in [0.25, 0.3) is 11.5 Å². The Bertz CT molecular complexity index is 1270. The summed E-state index contributed by atoms with van der Waals surface area (Å²) in [7, 11) is 0. The minimum atomic E-state index is -0.472. The van der Waals surface area contributed by atoms with Crippen molar-refractivity contribution in [1.82, 2.24) is 10.3 Å². The molecule has 1 unspecified atom stereocenters. The third-order valence-electron chi connectivity index (χ3n) is 6.61. The van der Waals surface area contributed by atoms with E-state index in [1.165, 1.54) is 0 Å². The van der Waals surface area contributed by atoms with E-state index >= 15 is 0 Å². The molecule has 7 nitrogen and oxygen atoms in total. The van der Waals surface area contributed by atoms with Crippen molar-refractivity contribution in [3.8, 4) is 0 Å². The Kier molecular flexibility index (Phi) is 6.65. The van der Waals surface area contributed by atoms with Crippen molar-refractivity contribution < 1.29 is 15.1 Å². The van der Waals surface area contributed by atoms with Gasteiger partial charge < -0.3 is 20.6 Å². The van der Waals surface area contributed by atoms with Crippen molar-refractivity contribution in [2.24, 2.45) is 5.16 Å². The first-order valence-corrected chi connectivity index (χ1v) is 11.4. The number of aromatic nitrogens is 1. The Balaban J connectivity index is 1.65. The van der Waals surface area contributed by atoms with Crippen LogP contribution in [0.3, 0.4) is 0 Å². The van der Waals surface area contributed by atoms with E-state index in [0.29, 0.717) is 28.8 Å². The van der Waals surface area contributed by atoms with E-state index < -0.39 is 5.54 Å². The highest BCUT2D eigenvalue weighted by atomic mass is 16.4. The van der Waals surface area contributed by atoms with Crippen molar-refractivity contribution in [3.05, 3.63) is 105 Å². The predicted molar refractivity (Wildman–Crippen MR) is 131 cm³/mol. The number of amides is 1. The molecular weight excluding hydrogens is 430 g/mol. The zero-order valence-electron chi connectivity index (χ0n) is 19.3. The maximum absolute atomic E-state index is 12.6. The van der Waals surface area contributed by atoms with Crippen LogP contribution in [0.25, 0.3) is 0 Å². The van der Waals surface area contributed by atoms with Gasteiger partial charge in [-0.05, 0) is 61.6 Å². The van der Waals surface area contributed by atoms with Crippen LogP contribution in [0.15, 0.2) is 70.7 Å². The van der Waals surface area contributed by atoms with Crippen molar-refractivity contribution in [2.45, 2.75) is 44.6 Å². The largest absolute Gasteiger partial charge is 0.411 e. The number of hydrogen-bond donors (Lipinski definition) is 4. The number of hydrogen-bond acceptors (Lipinski definition) is 5. The summed E-state index contributed by atoms with van der Waals surface area (Å²) >= 11 is 0. The monoisotopic (exact) mass is 459 g/mol. The molecule has 1 saturated carbocycles. The zero-order chi connectivity index (χ0) is 24.3.